The summed E-state index contributed by atoms with van der Waals surface area (Å²) in [5.74, 6) is 3.90. The topological polar surface area (TPSA) is 82.3 Å². The van der Waals surface area contributed by atoms with Gasteiger partial charge in [0.05, 0.1) is 16.7 Å². The Bertz CT molecular complexity index is 2540. The van der Waals surface area contributed by atoms with Gasteiger partial charge in [-0.3, -0.25) is 0 Å². The predicted molar refractivity (Wildman–Crippen MR) is 207 cm³/mol. The highest BCUT2D eigenvalue weighted by Crippen LogP contribution is 2.40. The normalized spacial score (nSPS) is 11.5. The molecule has 0 aliphatic heterocycles. The molecule has 0 aliphatic carbocycles. The second-order valence-electron chi connectivity index (χ2n) is 13.7. The van der Waals surface area contributed by atoms with Crippen molar-refractivity contribution >= 4 is 21.8 Å². The van der Waals surface area contributed by atoms with E-state index in [0.717, 1.165) is 27.8 Å². The van der Waals surface area contributed by atoms with Crippen molar-refractivity contribution in [1.29, 1.82) is 0 Å². The number of benzene rings is 5. The van der Waals surface area contributed by atoms with E-state index in [0.29, 0.717) is 34.9 Å². The number of fused-ring (bicyclic) bond motifs is 3. The fraction of sp³-hybridized carbons (Fsp3) is 0.182. The van der Waals surface area contributed by atoms with Crippen molar-refractivity contribution in [1.82, 2.24) is 34.5 Å². The highest BCUT2D eigenvalue weighted by atomic mass is 15.0. The van der Waals surface area contributed by atoms with Crippen LogP contribution in [0, 0.1) is 55.4 Å². The lowest BCUT2D eigenvalue weighted by atomic mass is 9.96. The molecule has 0 atom stereocenters. The van der Waals surface area contributed by atoms with E-state index in [2.05, 4.69) is 133 Å². The summed E-state index contributed by atoms with van der Waals surface area (Å²) in [6, 6.07) is 33.3. The number of hydrogen-bond donors (Lipinski definition) is 0. The molecular weight excluding hydrogens is 627 g/mol. The molecule has 8 rings (SSSR count). The van der Waals surface area contributed by atoms with Crippen LogP contribution in [0.2, 0.25) is 0 Å². The van der Waals surface area contributed by atoms with Gasteiger partial charge in [0.25, 0.3) is 0 Å². The highest BCUT2D eigenvalue weighted by molar-refractivity contribution is 6.11. The Labute approximate surface area is 298 Å². The number of rotatable bonds is 5. The molecule has 0 aliphatic rings. The van der Waals surface area contributed by atoms with Gasteiger partial charge in [-0.05, 0) is 119 Å². The molecule has 0 radical (unpaired) electrons. The molecule has 3 heterocycles. The third kappa shape index (κ3) is 5.84. The van der Waals surface area contributed by atoms with Gasteiger partial charge < -0.3 is 4.57 Å². The van der Waals surface area contributed by atoms with Gasteiger partial charge in [0.2, 0.25) is 0 Å². The van der Waals surface area contributed by atoms with Crippen molar-refractivity contribution in [2.24, 2.45) is 0 Å². The molecule has 0 spiro atoms. The van der Waals surface area contributed by atoms with Crippen LogP contribution in [-0.4, -0.2) is 34.5 Å². The number of hydrogen-bond acceptors (Lipinski definition) is 6. The molecule has 3 aromatic heterocycles. The van der Waals surface area contributed by atoms with Crippen molar-refractivity contribution in [2.75, 3.05) is 0 Å². The molecule has 0 saturated heterocycles. The first-order chi connectivity index (χ1) is 24.5. The van der Waals surface area contributed by atoms with Crippen LogP contribution >= 0.6 is 0 Å². The van der Waals surface area contributed by atoms with Gasteiger partial charge in [-0.15, -0.1) is 0 Å². The van der Waals surface area contributed by atoms with Crippen molar-refractivity contribution in [2.45, 2.75) is 55.4 Å². The maximum absolute atomic E-state index is 4.89. The summed E-state index contributed by atoms with van der Waals surface area (Å²) in [7, 11) is 0. The Kier molecular flexibility index (Phi) is 7.79. The van der Waals surface area contributed by atoms with Crippen molar-refractivity contribution < 1.29 is 0 Å². The minimum Gasteiger partial charge on any atom is -0.308 e. The summed E-state index contributed by atoms with van der Waals surface area (Å²) in [4.78, 5) is 28.1. The minimum atomic E-state index is 0.602. The Morgan fingerprint density at radius 1 is 0.373 bits per heavy atom. The molecule has 0 unspecified atom stereocenters. The smallest absolute Gasteiger partial charge is 0.165 e. The Balaban J connectivity index is 1.47. The lowest BCUT2D eigenvalue weighted by molar-refractivity contribution is 0.924. The van der Waals surface area contributed by atoms with E-state index in [9.17, 15) is 0 Å². The van der Waals surface area contributed by atoms with E-state index >= 15 is 0 Å². The first-order valence-electron chi connectivity index (χ1n) is 17.3. The lowest BCUT2D eigenvalue weighted by Crippen LogP contribution is -2.05. The van der Waals surface area contributed by atoms with Crippen molar-refractivity contribution in [3.63, 3.8) is 0 Å². The Morgan fingerprint density at radius 2 is 0.824 bits per heavy atom. The molecule has 250 valence electrons. The molecule has 7 nitrogen and oxygen atoms in total. The maximum Gasteiger partial charge on any atom is 0.165 e. The van der Waals surface area contributed by atoms with Gasteiger partial charge in [0, 0.05) is 21.9 Å². The van der Waals surface area contributed by atoms with E-state index in [4.69, 9.17) is 19.9 Å². The third-order valence-corrected chi connectivity index (χ3v) is 9.61. The summed E-state index contributed by atoms with van der Waals surface area (Å²) < 4.78 is 2.38. The highest BCUT2D eigenvalue weighted by Gasteiger charge is 2.21. The SMILES string of the molecule is Cc1ccc(-c2ccc3c4ccc(-c5ccc(C)cc5C)cc4n(-c4ccc(-c5nc(C)nc(C)n5)cc4-c4nc(C)nc(C)n4)c3c2)c(C)c1. The van der Waals surface area contributed by atoms with Gasteiger partial charge in [0.15, 0.2) is 11.6 Å². The fourth-order valence-corrected chi connectivity index (χ4v) is 7.42. The zero-order valence-electron chi connectivity index (χ0n) is 30.3. The second kappa shape index (κ2) is 12.4. The first-order valence-corrected chi connectivity index (χ1v) is 17.3. The van der Waals surface area contributed by atoms with Gasteiger partial charge in [-0.25, -0.2) is 29.9 Å². The monoisotopic (exact) mass is 665 g/mol. The molecule has 0 fully saturated rings. The van der Waals surface area contributed by atoms with E-state index in [1.165, 1.54) is 55.3 Å². The average Bonchev–Trinajstić information content (AvgIpc) is 3.40. The summed E-state index contributed by atoms with van der Waals surface area (Å²) in [6.45, 7) is 16.3. The zero-order valence-corrected chi connectivity index (χ0v) is 30.3. The van der Waals surface area contributed by atoms with Crippen LogP contribution in [0.15, 0.2) is 91.0 Å². The van der Waals surface area contributed by atoms with Crippen LogP contribution in [0.3, 0.4) is 0 Å². The second-order valence-corrected chi connectivity index (χ2v) is 13.7. The number of aryl methyl sites for hydroxylation is 8. The van der Waals surface area contributed by atoms with Crippen LogP contribution in [-0.2, 0) is 0 Å². The van der Waals surface area contributed by atoms with Crippen LogP contribution in [0.4, 0.5) is 0 Å². The molecule has 0 N–H and O–H groups in total. The molecule has 0 amide bonds. The largest absolute Gasteiger partial charge is 0.308 e. The summed E-state index contributed by atoms with van der Waals surface area (Å²) in [5.41, 5.74) is 14.7. The Morgan fingerprint density at radius 3 is 1.29 bits per heavy atom. The molecule has 0 saturated carbocycles. The molecule has 5 aromatic carbocycles. The van der Waals surface area contributed by atoms with Gasteiger partial charge in [-0.1, -0.05) is 71.8 Å². The van der Waals surface area contributed by atoms with Crippen LogP contribution in [0.25, 0.3) is 72.5 Å². The lowest BCUT2D eigenvalue weighted by Gasteiger charge is -2.16. The van der Waals surface area contributed by atoms with Crippen molar-refractivity contribution in [3.05, 3.63) is 137 Å². The van der Waals surface area contributed by atoms with Gasteiger partial charge >= 0.3 is 0 Å². The molecule has 8 aromatic rings. The van der Waals surface area contributed by atoms with E-state index in [1.807, 2.05) is 27.7 Å². The number of nitrogens with zero attached hydrogens (tertiary/aromatic N) is 7. The summed E-state index contributed by atoms with van der Waals surface area (Å²) in [5, 5.41) is 2.35. The van der Waals surface area contributed by atoms with E-state index in [1.54, 1.807) is 0 Å². The first kappa shape index (κ1) is 32.1. The Hall–Kier alpha value is -6.08. The quantitative estimate of drug-likeness (QED) is 0.182. The molecule has 51 heavy (non-hydrogen) atoms. The van der Waals surface area contributed by atoms with Crippen LogP contribution in [0.1, 0.15) is 45.6 Å². The molecule has 7 heteroatoms. The van der Waals surface area contributed by atoms with Gasteiger partial charge in [0.1, 0.15) is 23.3 Å². The van der Waals surface area contributed by atoms with Crippen LogP contribution in [0.5, 0.6) is 0 Å². The van der Waals surface area contributed by atoms with Crippen molar-refractivity contribution in [3.8, 4) is 50.7 Å². The average molecular weight is 666 g/mol. The zero-order chi connectivity index (χ0) is 35.6. The molecular formula is C44H39N7. The van der Waals surface area contributed by atoms with E-state index in [-0.39, 0.29) is 0 Å². The fourth-order valence-electron chi connectivity index (χ4n) is 7.42. The van der Waals surface area contributed by atoms with E-state index < -0.39 is 0 Å². The minimum absolute atomic E-state index is 0.602. The predicted octanol–water partition coefficient (Wildman–Crippen LogP) is 10.3. The maximum atomic E-state index is 4.89. The van der Waals surface area contributed by atoms with Crippen LogP contribution < -0.4 is 0 Å². The summed E-state index contributed by atoms with van der Waals surface area (Å²) >= 11 is 0. The third-order valence-electron chi connectivity index (χ3n) is 9.61. The number of aromatic nitrogens is 7. The standard InChI is InChI=1S/C44H39N7/c1-24-9-14-35(26(3)19-24)32-11-16-37-38-17-12-33(36-15-10-25(2)20-27(36)4)23-42(38)51(41(37)22-32)40-18-13-34(43-47-28(5)45-29(6)48-43)21-39(40)44-49-30(7)46-31(8)50-44/h9-23H,1-8H3. The van der Waals surface area contributed by atoms with Gasteiger partial charge in [-0.2, -0.15) is 0 Å². The molecule has 0 bridgehead atoms. The summed E-state index contributed by atoms with van der Waals surface area (Å²) in [6.07, 6.45) is 0.